The van der Waals surface area contributed by atoms with E-state index in [4.69, 9.17) is 16.6 Å². The van der Waals surface area contributed by atoms with Crippen LogP contribution in [0.2, 0.25) is 5.02 Å². The van der Waals surface area contributed by atoms with Crippen LogP contribution in [-0.4, -0.2) is 83.0 Å². The smallest absolute Gasteiger partial charge is 0.246 e. The Hall–Kier alpha value is -2.94. The monoisotopic (exact) mass is 549 g/mol. The number of carbonyl (C=O) groups excluding carboxylic acids is 1. The second kappa shape index (κ2) is 12.9. The summed E-state index contributed by atoms with van der Waals surface area (Å²) < 4.78 is 0. The highest BCUT2D eigenvalue weighted by atomic mass is 35.5. The summed E-state index contributed by atoms with van der Waals surface area (Å²) in [5, 5.41) is 9.00. The molecule has 3 heterocycles. The second-order valence-electron chi connectivity index (χ2n) is 11.2. The fourth-order valence-corrected chi connectivity index (χ4v) is 5.95. The minimum atomic E-state index is 0.144. The summed E-state index contributed by atoms with van der Waals surface area (Å²) in [4.78, 5) is 29.2. The van der Waals surface area contributed by atoms with E-state index in [1.807, 2.05) is 49.5 Å². The third kappa shape index (κ3) is 7.18. The zero-order valence-corrected chi connectivity index (χ0v) is 23.8. The molecule has 0 bridgehead atoms. The number of anilines is 1. The zero-order chi connectivity index (χ0) is 27.2. The molecular formula is C30H40ClN7O. The molecule has 0 radical (unpaired) electrons. The van der Waals surface area contributed by atoms with Gasteiger partial charge in [0.15, 0.2) is 0 Å². The minimum Gasteiger partial charge on any atom is -0.360 e. The molecule has 3 N–H and O–H groups in total. The fourth-order valence-electron chi connectivity index (χ4n) is 5.75. The lowest BCUT2D eigenvalue weighted by atomic mass is 9.90. The van der Waals surface area contributed by atoms with E-state index >= 15 is 0 Å². The van der Waals surface area contributed by atoms with Gasteiger partial charge in [0.25, 0.3) is 0 Å². The Kier molecular flexibility index (Phi) is 9.17. The second-order valence-corrected chi connectivity index (χ2v) is 11.6. The van der Waals surface area contributed by atoms with Crippen molar-refractivity contribution in [2.75, 3.05) is 45.6 Å². The molecule has 1 aliphatic heterocycles. The molecule has 2 fully saturated rings. The van der Waals surface area contributed by atoms with Crippen molar-refractivity contribution in [1.82, 2.24) is 30.1 Å². The molecule has 1 aliphatic carbocycles. The van der Waals surface area contributed by atoms with Gasteiger partial charge in [0.2, 0.25) is 11.9 Å². The van der Waals surface area contributed by atoms with Crippen LogP contribution in [0.25, 0.3) is 22.2 Å². The maximum Gasteiger partial charge on any atom is 0.246 e. The number of hydrogen-bond acceptors (Lipinski definition) is 6. The van der Waals surface area contributed by atoms with E-state index in [1.165, 1.54) is 6.42 Å². The van der Waals surface area contributed by atoms with E-state index in [1.54, 1.807) is 12.3 Å². The summed E-state index contributed by atoms with van der Waals surface area (Å²) in [6.45, 7) is 3.48. The number of hydrogen-bond donors (Lipinski definition) is 3. The maximum absolute atomic E-state index is 12.6. The Balaban J connectivity index is 1.09. The van der Waals surface area contributed by atoms with Crippen LogP contribution in [0.4, 0.5) is 5.95 Å². The van der Waals surface area contributed by atoms with Crippen molar-refractivity contribution >= 4 is 34.4 Å². The van der Waals surface area contributed by atoms with Crippen LogP contribution in [-0.2, 0) is 4.79 Å². The van der Waals surface area contributed by atoms with Gasteiger partial charge < -0.3 is 25.4 Å². The van der Waals surface area contributed by atoms with Gasteiger partial charge >= 0.3 is 0 Å². The normalized spacial score (nSPS) is 22.2. The lowest BCUT2D eigenvalue weighted by molar-refractivity contribution is -0.127. The number of halogens is 1. The topological polar surface area (TPSA) is 89.2 Å². The molecule has 2 aliphatic rings. The number of para-hydroxylation sites is 1. The van der Waals surface area contributed by atoms with E-state index in [-0.39, 0.29) is 5.91 Å². The molecule has 1 atom stereocenters. The van der Waals surface area contributed by atoms with Crippen molar-refractivity contribution in [3.63, 3.8) is 0 Å². The van der Waals surface area contributed by atoms with Crippen molar-refractivity contribution < 1.29 is 4.79 Å². The van der Waals surface area contributed by atoms with Gasteiger partial charge in [-0.3, -0.25) is 4.79 Å². The Bertz CT molecular complexity index is 1280. The van der Waals surface area contributed by atoms with E-state index < -0.39 is 0 Å². The zero-order valence-electron chi connectivity index (χ0n) is 23.0. The van der Waals surface area contributed by atoms with Crippen LogP contribution in [0.15, 0.2) is 48.8 Å². The molecule has 39 heavy (non-hydrogen) atoms. The Morgan fingerprint density at radius 3 is 2.79 bits per heavy atom. The van der Waals surface area contributed by atoms with Crippen LogP contribution in [0.5, 0.6) is 0 Å². The molecule has 1 aromatic carbocycles. The predicted molar refractivity (Wildman–Crippen MR) is 159 cm³/mol. The van der Waals surface area contributed by atoms with Gasteiger partial charge in [0, 0.05) is 60.5 Å². The Morgan fingerprint density at radius 2 is 1.97 bits per heavy atom. The summed E-state index contributed by atoms with van der Waals surface area (Å²) in [6.07, 6.45) is 14.0. The summed E-state index contributed by atoms with van der Waals surface area (Å²) in [5.74, 6) is 1.29. The van der Waals surface area contributed by atoms with Gasteiger partial charge in [-0.15, -0.1) is 0 Å². The third-order valence-electron chi connectivity index (χ3n) is 7.91. The number of amides is 1. The van der Waals surface area contributed by atoms with Gasteiger partial charge in [-0.1, -0.05) is 35.9 Å². The van der Waals surface area contributed by atoms with Gasteiger partial charge in [-0.2, -0.15) is 0 Å². The van der Waals surface area contributed by atoms with E-state index in [0.717, 1.165) is 80.4 Å². The lowest BCUT2D eigenvalue weighted by Crippen LogP contribution is -2.45. The molecule has 8 nitrogen and oxygen atoms in total. The van der Waals surface area contributed by atoms with Crippen molar-refractivity contribution in [2.45, 2.75) is 50.6 Å². The number of rotatable bonds is 9. The number of aromatic nitrogens is 3. The number of carbonyl (C=O) groups is 1. The van der Waals surface area contributed by atoms with Gasteiger partial charge in [0.1, 0.15) is 0 Å². The average molecular weight is 550 g/mol. The average Bonchev–Trinajstić information content (AvgIpc) is 3.38. The number of likely N-dealkylation sites (N-methyl/N-ethyl adjacent to an activating group) is 1. The first-order chi connectivity index (χ1) is 19.0. The lowest BCUT2D eigenvalue weighted by Gasteiger charge is -2.35. The SMILES string of the molecule is CN(C)C/C=C/C(=O)N1CCCC(CNC2CCC(Nc3ncc(Cl)c(-c4c[nH]c5ccccc45)n3)CC2)C1. The standard InChI is InChI=1S/C30H40ClN7O/c1-37(2)15-6-10-28(39)38-16-5-7-21(20-38)17-32-22-11-13-23(14-12-22)35-30-34-19-26(31)29(36-30)25-18-33-27-9-4-3-8-24(25)27/h3-4,6,8-10,18-19,21-23,32-33H,5,7,11-17,20H2,1-2H3,(H,34,35,36)/b10-6+. The maximum atomic E-state index is 12.6. The van der Waals surface area contributed by atoms with Gasteiger partial charge in [0.05, 0.1) is 16.9 Å². The largest absolute Gasteiger partial charge is 0.360 e. The quantitative estimate of drug-likeness (QED) is 0.327. The van der Waals surface area contributed by atoms with E-state index in [9.17, 15) is 4.79 Å². The van der Waals surface area contributed by atoms with Crippen LogP contribution in [0, 0.1) is 5.92 Å². The summed E-state index contributed by atoms with van der Waals surface area (Å²) in [7, 11) is 4.02. The van der Waals surface area contributed by atoms with Crippen molar-refractivity contribution in [3.8, 4) is 11.3 Å². The molecule has 3 aromatic rings. The summed E-state index contributed by atoms with van der Waals surface area (Å²) in [5.41, 5.74) is 2.79. The van der Waals surface area contributed by atoms with Crippen LogP contribution in [0.1, 0.15) is 38.5 Å². The molecule has 1 saturated carbocycles. The first kappa shape index (κ1) is 27.6. The van der Waals surface area contributed by atoms with Gasteiger partial charge in [-0.05, 0) is 71.1 Å². The molecule has 9 heteroatoms. The molecule has 0 spiro atoms. The highest BCUT2D eigenvalue weighted by molar-refractivity contribution is 6.33. The molecule has 1 unspecified atom stereocenters. The number of benzene rings is 1. The summed E-state index contributed by atoms with van der Waals surface area (Å²) in [6, 6.07) is 9.02. The van der Waals surface area contributed by atoms with E-state index in [0.29, 0.717) is 29.0 Å². The van der Waals surface area contributed by atoms with Crippen molar-refractivity contribution in [1.29, 1.82) is 0 Å². The number of H-pyrrole nitrogens is 1. The first-order valence-corrected chi connectivity index (χ1v) is 14.5. The molecule has 1 amide bonds. The summed E-state index contributed by atoms with van der Waals surface area (Å²) >= 11 is 6.51. The number of aromatic amines is 1. The predicted octanol–water partition coefficient (Wildman–Crippen LogP) is 4.95. The number of fused-ring (bicyclic) bond motifs is 1. The Labute approximate surface area is 236 Å². The number of piperidine rings is 1. The molecular weight excluding hydrogens is 510 g/mol. The van der Waals surface area contributed by atoms with Crippen LogP contribution >= 0.6 is 11.6 Å². The van der Waals surface area contributed by atoms with Crippen molar-refractivity contribution in [3.05, 3.63) is 53.8 Å². The number of nitrogens with one attached hydrogen (secondary N) is 3. The van der Waals surface area contributed by atoms with Crippen molar-refractivity contribution in [2.24, 2.45) is 5.92 Å². The minimum absolute atomic E-state index is 0.144. The molecule has 2 aromatic heterocycles. The van der Waals surface area contributed by atoms with Gasteiger partial charge in [-0.25, -0.2) is 9.97 Å². The van der Waals surface area contributed by atoms with Crippen LogP contribution in [0.3, 0.4) is 0 Å². The number of likely N-dealkylation sites (tertiary alicyclic amines) is 1. The highest BCUT2D eigenvalue weighted by Gasteiger charge is 2.26. The first-order valence-electron chi connectivity index (χ1n) is 14.2. The molecule has 5 rings (SSSR count). The third-order valence-corrected chi connectivity index (χ3v) is 8.18. The van der Waals surface area contributed by atoms with E-state index in [2.05, 4.69) is 31.6 Å². The highest BCUT2D eigenvalue weighted by Crippen LogP contribution is 2.32. The fraction of sp³-hybridized carbons (Fsp3) is 0.500. The molecule has 208 valence electrons. The molecule has 1 saturated heterocycles. The van der Waals surface area contributed by atoms with Crippen LogP contribution < -0.4 is 10.6 Å². The Morgan fingerprint density at radius 1 is 1.18 bits per heavy atom. The number of nitrogens with zero attached hydrogens (tertiary/aromatic N) is 4.